The van der Waals surface area contributed by atoms with Crippen LogP contribution >= 0.6 is 0 Å². The molecule has 26 heavy (non-hydrogen) atoms. The molecule has 138 valence electrons. The van der Waals surface area contributed by atoms with Gasteiger partial charge in [-0.05, 0) is 32.0 Å². The van der Waals surface area contributed by atoms with Crippen LogP contribution in [0.3, 0.4) is 0 Å². The highest BCUT2D eigenvalue weighted by Crippen LogP contribution is 2.28. The molecule has 1 heterocycles. The van der Waals surface area contributed by atoms with Crippen LogP contribution in [0.5, 0.6) is 5.75 Å². The molecule has 10 heteroatoms. The van der Waals surface area contributed by atoms with Gasteiger partial charge in [-0.2, -0.15) is 13.2 Å². The van der Waals surface area contributed by atoms with Gasteiger partial charge in [0.2, 0.25) is 5.82 Å². The monoisotopic (exact) mass is 369 g/mol. The Balaban J connectivity index is 2.29. The first-order valence-corrected chi connectivity index (χ1v) is 7.32. The molecular formula is C16H14F3N3O4. The normalized spacial score (nSPS) is 11.3. The molecule has 0 atom stereocenters. The molecule has 0 bridgehead atoms. The molecule has 2 rings (SSSR count). The molecule has 1 amide bonds. The van der Waals surface area contributed by atoms with Gasteiger partial charge in [-0.3, -0.25) is 4.79 Å². The molecule has 0 radical (unpaired) electrons. The lowest BCUT2D eigenvalue weighted by atomic mass is 10.1. The number of rotatable bonds is 5. The van der Waals surface area contributed by atoms with Crippen molar-refractivity contribution in [1.29, 1.82) is 0 Å². The fourth-order valence-electron chi connectivity index (χ4n) is 1.90. The van der Waals surface area contributed by atoms with Crippen LogP contribution in [0.1, 0.15) is 40.4 Å². The lowest BCUT2D eigenvalue weighted by Gasteiger charge is -2.15. The first-order valence-electron chi connectivity index (χ1n) is 7.32. The summed E-state index contributed by atoms with van der Waals surface area (Å²) in [6, 6.07) is 3.86. The van der Waals surface area contributed by atoms with E-state index in [1.807, 2.05) is 0 Å². The van der Waals surface area contributed by atoms with Crippen molar-refractivity contribution < 1.29 is 32.6 Å². The van der Waals surface area contributed by atoms with E-state index in [2.05, 4.69) is 15.3 Å². The van der Waals surface area contributed by atoms with E-state index in [9.17, 15) is 22.8 Å². The van der Waals surface area contributed by atoms with Crippen LogP contribution in [0.2, 0.25) is 0 Å². The number of benzene rings is 1. The number of nitrogens with zero attached hydrogens (tertiary/aromatic N) is 2. The second-order valence-corrected chi connectivity index (χ2v) is 5.43. The summed E-state index contributed by atoms with van der Waals surface area (Å²) in [5, 5.41) is 11.5. The Morgan fingerprint density at radius 3 is 2.27 bits per heavy atom. The molecule has 0 saturated heterocycles. The van der Waals surface area contributed by atoms with E-state index in [0.29, 0.717) is 0 Å². The highest BCUT2D eigenvalue weighted by atomic mass is 19.4. The number of halogens is 3. The lowest BCUT2D eigenvalue weighted by molar-refractivity contribution is -0.145. The van der Waals surface area contributed by atoms with Gasteiger partial charge in [-0.1, -0.05) is 0 Å². The molecule has 1 aromatic carbocycles. The van der Waals surface area contributed by atoms with Crippen LogP contribution in [0, 0.1) is 0 Å². The van der Waals surface area contributed by atoms with Crippen molar-refractivity contribution >= 4 is 17.6 Å². The number of hydrogen-bond donors (Lipinski definition) is 2. The van der Waals surface area contributed by atoms with Crippen molar-refractivity contribution in [1.82, 2.24) is 9.97 Å². The third-order valence-corrected chi connectivity index (χ3v) is 3.00. The maximum absolute atomic E-state index is 12.5. The first kappa shape index (κ1) is 19.2. The zero-order valence-electron chi connectivity index (χ0n) is 13.7. The number of ether oxygens (including phenoxy) is 1. The van der Waals surface area contributed by atoms with Crippen molar-refractivity contribution in [3.8, 4) is 5.75 Å². The number of anilines is 1. The minimum Gasteiger partial charge on any atom is -0.489 e. The standard InChI is InChI=1S/C16H14F3N3O4/c1-8(2)26-12-4-3-9(14(24)25)5-11(12)22-13(23)10-6-20-15(21-7-10)16(17,18)19/h3-8H,1-2H3,(H,22,23)(H,24,25). The molecule has 1 aromatic heterocycles. The number of carboxylic acids is 1. The number of aromatic carboxylic acids is 1. The molecule has 2 aromatic rings. The second-order valence-electron chi connectivity index (χ2n) is 5.43. The topological polar surface area (TPSA) is 101 Å². The summed E-state index contributed by atoms with van der Waals surface area (Å²) < 4.78 is 42.9. The molecule has 2 N–H and O–H groups in total. The Hall–Kier alpha value is -3.17. The summed E-state index contributed by atoms with van der Waals surface area (Å²) in [5.74, 6) is -3.18. The molecule has 0 aliphatic rings. The second kappa shape index (κ2) is 7.38. The lowest BCUT2D eigenvalue weighted by Crippen LogP contribution is -2.17. The van der Waals surface area contributed by atoms with Gasteiger partial charge in [-0.15, -0.1) is 0 Å². The largest absolute Gasteiger partial charge is 0.489 e. The maximum atomic E-state index is 12.5. The highest BCUT2D eigenvalue weighted by molar-refractivity contribution is 6.05. The summed E-state index contributed by atoms with van der Waals surface area (Å²) in [7, 11) is 0. The van der Waals surface area contributed by atoms with Gasteiger partial charge in [0.05, 0.1) is 22.9 Å². The number of alkyl halides is 3. The molecule has 0 saturated carbocycles. The fraction of sp³-hybridized carbons (Fsp3) is 0.250. The molecule has 0 unspecified atom stereocenters. The number of amides is 1. The Labute approximate surface area is 145 Å². The van der Waals surface area contributed by atoms with Gasteiger partial charge in [0.15, 0.2) is 0 Å². The van der Waals surface area contributed by atoms with Crippen molar-refractivity contribution in [2.24, 2.45) is 0 Å². The van der Waals surface area contributed by atoms with Crippen LogP contribution in [0.15, 0.2) is 30.6 Å². The van der Waals surface area contributed by atoms with Crippen molar-refractivity contribution in [3.63, 3.8) is 0 Å². The van der Waals surface area contributed by atoms with E-state index in [1.54, 1.807) is 13.8 Å². The number of nitrogens with one attached hydrogen (secondary N) is 1. The van der Waals surface area contributed by atoms with Gasteiger partial charge in [0.25, 0.3) is 5.91 Å². The van der Waals surface area contributed by atoms with Crippen LogP contribution in [-0.4, -0.2) is 33.1 Å². The average Bonchev–Trinajstić information content (AvgIpc) is 2.55. The number of hydrogen-bond acceptors (Lipinski definition) is 5. The zero-order valence-corrected chi connectivity index (χ0v) is 13.7. The highest BCUT2D eigenvalue weighted by Gasteiger charge is 2.34. The molecule has 0 aliphatic carbocycles. The smallest absolute Gasteiger partial charge is 0.451 e. The van der Waals surface area contributed by atoms with Gasteiger partial charge < -0.3 is 15.2 Å². The average molecular weight is 369 g/mol. The van der Waals surface area contributed by atoms with E-state index in [1.165, 1.54) is 18.2 Å². The van der Waals surface area contributed by atoms with E-state index in [4.69, 9.17) is 9.84 Å². The molecule has 7 nitrogen and oxygen atoms in total. The van der Waals surface area contributed by atoms with Crippen LogP contribution in [0.4, 0.5) is 18.9 Å². The van der Waals surface area contributed by atoms with E-state index >= 15 is 0 Å². The fourth-order valence-corrected chi connectivity index (χ4v) is 1.90. The molecule has 0 aliphatic heterocycles. The van der Waals surface area contributed by atoms with E-state index in [-0.39, 0.29) is 28.7 Å². The number of carbonyl (C=O) groups is 2. The van der Waals surface area contributed by atoms with Crippen LogP contribution in [0.25, 0.3) is 0 Å². The maximum Gasteiger partial charge on any atom is 0.451 e. The predicted molar refractivity (Wildman–Crippen MR) is 84.2 cm³/mol. The van der Waals surface area contributed by atoms with Crippen molar-refractivity contribution in [3.05, 3.63) is 47.5 Å². The van der Waals surface area contributed by atoms with Crippen molar-refractivity contribution in [2.75, 3.05) is 5.32 Å². The Kier molecular flexibility index (Phi) is 5.44. The van der Waals surface area contributed by atoms with Gasteiger partial charge in [0, 0.05) is 12.4 Å². The summed E-state index contributed by atoms with van der Waals surface area (Å²) >= 11 is 0. The van der Waals surface area contributed by atoms with E-state index < -0.39 is 23.9 Å². The summed E-state index contributed by atoms with van der Waals surface area (Å²) in [6.45, 7) is 3.47. The number of aromatic nitrogens is 2. The number of carbonyl (C=O) groups excluding carboxylic acids is 1. The first-order chi connectivity index (χ1) is 12.1. The molecular weight excluding hydrogens is 355 g/mol. The third kappa shape index (κ3) is 4.68. The minimum atomic E-state index is -4.72. The summed E-state index contributed by atoms with van der Waals surface area (Å²) in [5.41, 5.74) is -0.266. The Bertz CT molecular complexity index is 820. The van der Waals surface area contributed by atoms with Gasteiger partial charge in [0.1, 0.15) is 5.75 Å². The Morgan fingerprint density at radius 1 is 1.15 bits per heavy atom. The minimum absolute atomic E-state index is 0.0588. The van der Waals surface area contributed by atoms with Crippen LogP contribution in [-0.2, 0) is 6.18 Å². The van der Waals surface area contributed by atoms with Crippen LogP contribution < -0.4 is 10.1 Å². The summed E-state index contributed by atoms with van der Waals surface area (Å²) in [6.07, 6.45) is -3.51. The molecule has 0 fully saturated rings. The third-order valence-electron chi connectivity index (χ3n) is 3.00. The summed E-state index contributed by atoms with van der Waals surface area (Å²) in [4.78, 5) is 29.5. The zero-order chi connectivity index (χ0) is 19.5. The quantitative estimate of drug-likeness (QED) is 0.839. The molecule has 0 spiro atoms. The van der Waals surface area contributed by atoms with Crippen molar-refractivity contribution in [2.45, 2.75) is 26.1 Å². The Morgan fingerprint density at radius 2 is 1.77 bits per heavy atom. The predicted octanol–water partition coefficient (Wildman–Crippen LogP) is 3.23. The van der Waals surface area contributed by atoms with Gasteiger partial charge in [-0.25, -0.2) is 14.8 Å². The SMILES string of the molecule is CC(C)Oc1ccc(C(=O)O)cc1NC(=O)c1cnc(C(F)(F)F)nc1. The van der Waals surface area contributed by atoms with Gasteiger partial charge >= 0.3 is 12.1 Å². The number of carboxylic acid groups (broad SMARTS) is 1. The van der Waals surface area contributed by atoms with E-state index in [0.717, 1.165) is 12.4 Å².